The summed E-state index contributed by atoms with van der Waals surface area (Å²) in [6.07, 6.45) is 2.45. The van der Waals surface area contributed by atoms with Gasteiger partial charge in [0, 0.05) is 42.5 Å². The summed E-state index contributed by atoms with van der Waals surface area (Å²) in [6, 6.07) is 20.9. The van der Waals surface area contributed by atoms with E-state index in [9.17, 15) is 9.59 Å². The molecule has 5 nitrogen and oxygen atoms in total. The maximum Gasteiger partial charge on any atom is 0.254 e. The first-order chi connectivity index (χ1) is 14.5. The van der Waals surface area contributed by atoms with E-state index in [0.29, 0.717) is 18.5 Å². The first-order valence-corrected chi connectivity index (χ1v) is 10.7. The third kappa shape index (κ3) is 6.19. The predicted molar refractivity (Wildman–Crippen MR) is 122 cm³/mol. The molecule has 0 spiro atoms. The minimum Gasteiger partial charge on any atom is -0.341 e. The van der Waals surface area contributed by atoms with Gasteiger partial charge < -0.3 is 10.2 Å². The van der Waals surface area contributed by atoms with Gasteiger partial charge in [-0.15, -0.1) is 11.8 Å². The Morgan fingerprint density at radius 1 is 1.00 bits per heavy atom. The lowest BCUT2D eigenvalue weighted by Gasteiger charge is -2.18. The van der Waals surface area contributed by atoms with Crippen LogP contribution in [0.3, 0.4) is 0 Å². The molecule has 0 unspecified atom stereocenters. The molecule has 1 N–H and O–H groups in total. The van der Waals surface area contributed by atoms with Crippen LogP contribution in [-0.4, -0.2) is 41.0 Å². The molecule has 3 rings (SSSR count). The first-order valence-electron chi connectivity index (χ1n) is 9.76. The lowest BCUT2D eigenvalue weighted by molar-refractivity contribution is -0.113. The highest BCUT2D eigenvalue weighted by Gasteiger charge is 2.16. The van der Waals surface area contributed by atoms with Gasteiger partial charge in [0.05, 0.1) is 11.3 Å². The topological polar surface area (TPSA) is 62.3 Å². The number of thioether (sulfide) groups is 1. The third-order valence-corrected chi connectivity index (χ3v) is 5.66. The van der Waals surface area contributed by atoms with E-state index < -0.39 is 0 Å². The number of rotatable bonds is 8. The molecule has 6 heteroatoms. The zero-order valence-corrected chi connectivity index (χ0v) is 18.0. The number of amides is 2. The molecule has 154 valence electrons. The Balaban J connectivity index is 1.58. The molecule has 0 fully saturated rings. The largest absolute Gasteiger partial charge is 0.341 e. The molecule has 0 saturated heterocycles. The fourth-order valence-electron chi connectivity index (χ4n) is 2.88. The van der Waals surface area contributed by atoms with Gasteiger partial charge in [-0.2, -0.15) is 0 Å². The number of nitrogens with one attached hydrogen (secondary N) is 1. The Kier molecular flexibility index (Phi) is 7.63. The van der Waals surface area contributed by atoms with Gasteiger partial charge in [-0.3, -0.25) is 14.6 Å². The maximum atomic E-state index is 12.9. The average molecular weight is 420 g/mol. The minimum absolute atomic E-state index is 0.0621. The molecule has 0 saturated carbocycles. The van der Waals surface area contributed by atoms with Crippen LogP contribution in [-0.2, 0) is 11.2 Å². The van der Waals surface area contributed by atoms with Crippen LogP contribution in [0.1, 0.15) is 21.6 Å². The minimum atomic E-state index is -0.102. The van der Waals surface area contributed by atoms with E-state index in [4.69, 9.17) is 0 Å². The number of carbonyl (C=O) groups is 2. The number of hydrogen-bond donors (Lipinski definition) is 1. The van der Waals surface area contributed by atoms with E-state index in [0.717, 1.165) is 21.8 Å². The number of carbonyl (C=O) groups excluding carboxylic acids is 2. The zero-order valence-electron chi connectivity index (χ0n) is 17.2. The van der Waals surface area contributed by atoms with Gasteiger partial charge >= 0.3 is 0 Å². The third-order valence-electron chi connectivity index (χ3n) is 4.59. The summed E-state index contributed by atoms with van der Waals surface area (Å²) in [6.45, 7) is 2.57. The van der Waals surface area contributed by atoms with Crippen LogP contribution in [0, 0.1) is 6.92 Å². The summed E-state index contributed by atoms with van der Waals surface area (Å²) < 4.78 is 0. The Morgan fingerprint density at radius 2 is 1.73 bits per heavy atom. The van der Waals surface area contributed by atoms with E-state index >= 15 is 0 Å². The Hall–Kier alpha value is -3.12. The molecule has 0 aliphatic rings. The SMILES string of the molecule is Cc1ccc(NC(=O)CSc2ccccc2C(=O)N(C)CCc2ccccn2)cc1. The molecule has 2 aromatic carbocycles. The molecule has 0 bridgehead atoms. The standard InChI is InChI=1S/C24H25N3O2S/c1-18-10-12-20(13-11-18)26-23(28)17-30-22-9-4-3-8-21(22)24(29)27(2)16-14-19-7-5-6-15-25-19/h3-13,15H,14,16-17H2,1-2H3,(H,26,28). The highest BCUT2D eigenvalue weighted by atomic mass is 32.2. The summed E-state index contributed by atoms with van der Waals surface area (Å²) >= 11 is 1.37. The van der Waals surface area contributed by atoms with Crippen molar-refractivity contribution in [2.24, 2.45) is 0 Å². The van der Waals surface area contributed by atoms with Crippen molar-refractivity contribution in [2.75, 3.05) is 24.7 Å². The second-order valence-corrected chi connectivity index (χ2v) is 8.01. The Labute approximate surface area is 181 Å². The fourth-order valence-corrected chi connectivity index (χ4v) is 3.73. The quantitative estimate of drug-likeness (QED) is 0.549. The van der Waals surface area contributed by atoms with Gasteiger partial charge in [-0.25, -0.2) is 0 Å². The number of likely N-dealkylation sites (N-methyl/N-ethyl adjacent to an activating group) is 1. The number of hydrogen-bond acceptors (Lipinski definition) is 4. The molecular formula is C24H25N3O2S. The monoisotopic (exact) mass is 419 g/mol. The van der Waals surface area contributed by atoms with Crippen molar-refractivity contribution in [3.63, 3.8) is 0 Å². The molecule has 0 radical (unpaired) electrons. The lowest BCUT2D eigenvalue weighted by Crippen LogP contribution is -2.29. The number of nitrogens with zero attached hydrogens (tertiary/aromatic N) is 2. The van der Waals surface area contributed by atoms with E-state index in [1.807, 2.05) is 67.6 Å². The van der Waals surface area contributed by atoms with Crippen molar-refractivity contribution >= 4 is 29.3 Å². The normalized spacial score (nSPS) is 10.5. The van der Waals surface area contributed by atoms with Crippen molar-refractivity contribution in [2.45, 2.75) is 18.2 Å². The fraction of sp³-hybridized carbons (Fsp3) is 0.208. The van der Waals surface area contributed by atoms with E-state index in [1.54, 1.807) is 24.2 Å². The van der Waals surface area contributed by atoms with Gasteiger partial charge in [-0.1, -0.05) is 35.9 Å². The maximum absolute atomic E-state index is 12.9. The highest BCUT2D eigenvalue weighted by molar-refractivity contribution is 8.00. The van der Waals surface area contributed by atoms with E-state index in [-0.39, 0.29) is 17.6 Å². The summed E-state index contributed by atoms with van der Waals surface area (Å²) in [4.78, 5) is 32.1. The Bertz CT molecular complexity index is 991. The molecule has 0 aliphatic carbocycles. The van der Waals surface area contributed by atoms with E-state index in [2.05, 4.69) is 10.3 Å². The van der Waals surface area contributed by atoms with Gasteiger partial charge in [0.2, 0.25) is 5.91 Å². The van der Waals surface area contributed by atoms with Crippen LogP contribution < -0.4 is 5.32 Å². The van der Waals surface area contributed by atoms with E-state index in [1.165, 1.54) is 11.8 Å². The summed E-state index contributed by atoms with van der Waals surface area (Å²) in [5.74, 6) is 0.0677. The molecule has 1 aromatic heterocycles. The van der Waals surface area contributed by atoms with Gasteiger partial charge in [0.25, 0.3) is 5.91 Å². The van der Waals surface area contributed by atoms with Crippen LogP contribution in [0.4, 0.5) is 5.69 Å². The zero-order chi connectivity index (χ0) is 21.3. The summed E-state index contributed by atoms with van der Waals surface area (Å²) in [5.41, 5.74) is 3.47. The van der Waals surface area contributed by atoms with Crippen molar-refractivity contribution in [3.8, 4) is 0 Å². The van der Waals surface area contributed by atoms with Crippen molar-refractivity contribution < 1.29 is 9.59 Å². The average Bonchev–Trinajstić information content (AvgIpc) is 2.78. The number of anilines is 1. The second-order valence-electron chi connectivity index (χ2n) is 7.00. The van der Waals surface area contributed by atoms with Crippen LogP contribution in [0.2, 0.25) is 0 Å². The molecule has 0 atom stereocenters. The summed E-state index contributed by atoms with van der Waals surface area (Å²) in [5, 5.41) is 2.89. The molecule has 1 heterocycles. The lowest BCUT2D eigenvalue weighted by atomic mass is 10.2. The van der Waals surface area contributed by atoms with Crippen molar-refractivity contribution in [1.29, 1.82) is 0 Å². The summed E-state index contributed by atoms with van der Waals surface area (Å²) in [7, 11) is 1.79. The van der Waals surface area contributed by atoms with Gasteiger partial charge in [0.1, 0.15) is 0 Å². The molecular weight excluding hydrogens is 394 g/mol. The number of benzene rings is 2. The molecule has 3 aromatic rings. The number of pyridine rings is 1. The molecule has 30 heavy (non-hydrogen) atoms. The highest BCUT2D eigenvalue weighted by Crippen LogP contribution is 2.24. The second kappa shape index (κ2) is 10.6. The Morgan fingerprint density at radius 3 is 2.47 bits per heavy atom. The van der Waals surface area contributed by atoms with Crippen LogP contribution in [0.15, 0.2) is 77.8 Å². The number of aryl methyl sites for hydroxylation is 1. The predicted octanol–water partition coefficient (Wildman–Crippen LogP) is 4.44. The van der Waals surface area contributed by atoms with Crippen molar-refractivity contribution in [1.82, 2.24) is 9.88 Å². The number of aromatic nitrogens is 1. The van der Waals surface area contributed by atoms with Gasteiger partial charge in [0.15, 0.2) is 0 Å². The van der Waals surface area contributed by atoms with Crippen LogP contribution in [0.5, 0.6) is 0 Å². The van der Waals surface area contributed by atoms with Crippen LogP contribution in [0.25, 0.3) is 0 Å². The smallest absolute Gasteiger partial charge is 0.254 e. The van der Waals surface area contributed by atoms with Gasteiger partial charge in [-0.05, 0) is 43.3 Å². The molecule has 2 amide bonds. The molecule has 0 aliphatic heterocycles. The first kappa shape index (κ1) is 21.6. The van der Waals surface area contributed by atoms with Crippen molar-refractivity contribution in [3.05, 3.63) is 89.7 Å². The van der Waals surface area contributed by atoms with Crippen LogP contribution >= 0.6 is 11.8 Å².